The molecule has 60 valence electrons. The van der Waals surface area contributed by atoms with Crippen LogP contribution >= 0.6 is 0 Å². The lowest BCUT2D eigenvalue weighted by Crippen LogP contribution is -2.37. The zero-order valence-corrected chi connectivity index (χ0v) is 7.15. The van der Waals surface area contributed by atoms with Crippen molar-refractivity contribution in [1.82, 2.24) is 5.43 Å². The maximum atomic E-state index is 5.40. The monoisotopic (exact) mass is 142 g/mol. The molecule has 2 nitrogen and oxygen atoms in total. The van der Waals surface area contributed by atoms with E-state index in [0.717, 1.165) is 5.92 Å². The molecule has 3 N–H and O–H groups in total. The van der Waals surface area contributed by atoms with Gasteiger partial charge in [0.2, 0.25) is 0 Å². The summed E-state index contributed by atoms with van der Waals surface area (Å²) in [6, 6.07) is 0.537. The molecule has 1 fully saturated rings. The van der Waals surface area contributed by atoms with Gasteiger partial charge in [-0.05, 0) is 24.2 Å². The SMILES string of the molecule is CC1CC(C)(C)CC1NN. The van der Waals surface area contributed by atoms with E-state index >= 15 is 0 Å². The zero-order valence-electron chi connectivity index (χ0n) is 7.15. The molecule has 10 heavy (non-hydrogen) atoms. The average Bonchev–Trinajstić information content (AvgIpc) is 2.05. The van der Waals surface area contributed by atoms with Crippen molar-refractivity contribution >= 4 is 0 Å². The number of nitrogens with one attached hydrogen (secondary N) is 1. The van der Waals surface area contributed by atoms with Crippen LogP contribution in [0.4, 0.5) is 0 Å². The fraction of sp³-hybridized carbons (Fsp3) is 1.00. The number of hydrazine groups is 1. The summed E-state index contributed by atoms with van der Waals surface area (Å²) in [7, 11) is 0. The van der Waals surface area contributed by atoms with Crippen LogP contribution in [0.25, 0.3) is 0 Å². The zero-order chi connectivity index (χ0) is 7.78. The highest BCUT2D eigenvalue weighted by Crippen LogP contribution is 2.40. The molecule has 0 aromatic carbocycles. The van der Waals surface area contributed by atoms with E-state index in [4.69, 9.17) is 5.84 Å². The molecule has 0 heterocycles. The molecule has 1 aliphatic carbocycles. The molecule has 2 atom stereocenters. The van der Waals surface area contributed by atoms with Crippen LogP contribution in [0.1, 0.15) is 33.6 Å². The highest BCUT2D eigenvalue weighted by Gasteiger charge is 2.35. The molecule has 0 aliphatic heterocycles. The van der Waals surface area contributed by atoms with E-state index in [-0.39, 0.29) is 0 Å². The van der Waals surface area contributed by atoms with Crippen LogP contribution in [-0.2, 0) is 0 Å². The average molecular weight is 142 g/mol. The molecule has 0 bridgehead atoms. The maximum Gasteiger partial charge on any atom is 0.0241 e. The fourth-order valence-corrected chi connectivity index (χ4v) is 2.12. The van der Waals surface area contributed by atoms with E-state index in [0.29, 0.717) is 11.5 Å². The van der Waals surface area contributed by atoms with Crippen molar-refractivity contribution in [2.24, 2.45) is 17.2 Å². The summed E-state index contributed by atoms with van der Waals surface area (Å²) in [5.41, 5.74) is 3.37. The van der Waals surface area contributed by atoms with Crippen LogP contribution < -0.4 is 11.3 Å². The van der Waals surface area contributed by atoms with Gasteiger partial charge in [-0.25, -0.2) is 0 Å². The first-order valence-electron chi connectivity index (χ1n) is 4.01. The number of rotatable bonds is 1. The Bertz CT molecular complexity index is 120. The standard InChI is InChI=1S/C8H18N2/c1-6-4-8(2,3)5-7(6)10-9/h6-7,10H,4-5,9H2,1-3H3. The molecule has 0 saturated heterocycles. The van der Waals surface area contributed by atoms with Crippen LogP contribution in [0.5, 0.6) is 0 Å². The van der Waals surface area contributed by atoms with E-state index in [1.807, 2.05) is 0 Å². The maximum absolute atomic E-state index is 5.40. The molecular formula is C8H18N2. The third-order valence-electron chi connectivity index (χ3n) is 2.55. The summed E-state index contributed by atoms with van der Waals surface area (Å²) >= 11 is 0. The van der Waals surface area contributed by atoms with Gasteiger partial charge in [0.25, 0.3) is 0 Å². The van der Waals surface area contributed by atoms with E-state index in [2.05, 4.69) is 26.2 Å². The third-order valence-corrected chi connectivity index (χ3v) is 2.55. The Hall–Kier alpha value is -0.0800. The van der Waals surface area contributed by atoms with Gasteiger partial charge in [0, 0.05) is 6.04 Å². The lowest BCUT2D eigenvalue weighted by molar-refractivity contribution is 0.362. The fourth-order valence-electron chi connectivity index (χ4n) is 2.12. The summed E-state index contributed by atoms with van der Waals surface area (Å²) in [6.45, 7) is 6.88. The Labute approximate surface area is 63.1 Å². The highest BCUT2D eigenvalue weighted by molar-refractivity contribution is 4.89. The Balaban J connectivity index is 2.52. The van der Waals surface area contributed by atoms with Gasteiger partial charge in [-0.3, -0.25) is 11.3 Å². The number of nitrogens with two attached hydrogens (primary N) is 1. The molecule has 1 rings (SSSR count). The number of hydrogen-bond acceptors (Lipinski definition) is 2. The van der Waals surface area contributed by atoms with Crippen molar-refractivity contribution < 1.29 is 0 Å². The van der Waals surface area contributed by atoms with Gasteiger partial charge in [-0.1, -0.05) is 20.8 Å². The minimum Gasteiger partial charge on any atom is -0.271 e. The van der Waals surface area contributed by atoms with Crippen molar-refractivity contribution in [2.75, 3.05) is 0 Å². The van der Waals surface area contributed by atoms with Crippen LogP contribution in [0.2, 0.25) is 0 Å². The minimum atomic E-state index is 0.496. The molecule has 0 amide bonds. The second-order valence-corrected chi connectivity index (χ2v) is 4.32. The third kappa shape index (κ3) is 1.50. The first-order chi connectivity index (χ1) is 4.55. The normalized spacial score (nSPS) is 38.4. The molecule has 1 aliphatic rings. The summed E-state index contributed by atoms with van der Waals surface area (Å²) < 4.78 is 0. The summed E-state index contributed by atoms with van der Waals surface area (Å²) in [5, 5.41) is 0. The van der Waals surface area contributed by atoms with Crippen molar-refractivity contribution in [1.29, 1.82) is 0 Å². The topological polar surface area (TPSA) is 38.0 Å². The van der Waals surface area contributed by atoms with Gasteiger partial charge in [-0.15, -0.1) is 0 Å². The second-order valence-electron chi connectivity index (χ2n) is 4.32. The Morgan fingerprint density at radius 3 is 2.20 bits per heavy atom. The quantitative estimate of drug-likeness (QED) is 0.427. The van der Waals surface area contributed by atoms with E-state index in [1.165, 1.54) is 12.8 Å². The first kappa shape index (κ1) is 8.02. The van der Waals surface area contributed by atoms with Crippen LogP contribution in [-0.4, -0.2) is 6.04 Å². The van der Waals surface area contributed by atoms with E-state index < -0.39 is 0 Å². The van der Waals surface area contributed by atoms with Crippen molar-refractivity contribution in [3.63, 3.8) is 0 Å². The predicted molar refractivity (Wildman–Crippen MR) is 43.3 cm³/mol. The minimum absolute atomic E-state index is 0.496. The molecule has 0 aromatic rings. The summed E-state index contributed by atoms with van der Waals surface area (Å²) in [6.07, 6.45) is 2.51. The molecule has 1 saturated carbocycles. The molecule has 2 heteroatoms. The molecule has 0 radical (unpaired) electrons. The van der Waals surface area contributed by atoms with Gasteiger partial charge in [0.15, 0.2) is 0 Å². The van der Waals surface area contributed by atoms with Gasteiger partial charge >= 0.3 is 0 Å². The number of hydrogen-bond donors (Lipinski definition) is 2. The highest BCUT2D eigenvalue weighted by atomic mass is 15.2. The van der Waals surface area contributed by atoms with E-state index in [1.54, 1.807) is 0 Å². The Morgan fingerprint density at radius 1 is 1.40 bits per heavy atom. The van der Waals surface area contributed by atoms with Crippen molar-refractivity contribution in [3.8, 4) is 0 Å². The molecule has 0 spiro atoms. The lowest BCUT2D eigenvalue weighted by Gasteiger charge is -2.16. The van der Waals surface area contributed by atoms with Crippen molar-refractivity contribution in [2.45, 2.75) is 39.7 Å². The van der Waals surface area contributed by atoms with Gasteiger partial charge in [-0.2, -0.15) is 0 Å². The van der Waals surface area contributed by atoms with Crippen molar-refractivity contribution in [3.05, 3.63) is 0 Å². The molecule has 2 unspecified atom stereocenters. The molecule has 0 aromatic heterocycles. The smallest absolute Gasteiger partial charge is 0.0241 e. The predicted octanol–water partition coefficient (Wildman–Crippen LogP) is 1.27. The summed E-state index contributed by atoms with van der Waals surface area (Å²) in [4.78, 5) is 0. The van der Waals surface area contributed by atoms with E-state index in [9.17, 15) is 0 Å². The molecular weight excluding hydrogens is 124 g/mol. The van der Waals surface area contributed by atoms with Gasteiger partial charge in [0.05, 0.1) is 0 Å². The largest absolute Gasteiger partial charge is 0.271 e. The van der Waals surface area contributed by atoms with Crippen LogP contribution in [0.15, 0.2) is 0 Å². The van der Waals surface area contributed by atoms with Gasteiger partial charge in [0.1, 0.15) is 0 Å². The Morgan fingerprint density at radius 2 is 2.00 bits per heavy atom. The van der Waals surface area contributed by atoms with Gasteiger partial charge < -0.3 is 0 Å². The lowest BCUT2D eigenvalue weighted by atomic mass is 9.91. The van der Waals surface area contributed by atoms with Crippen LogP contribution in [0, 0.1) is 11.3 Å². The van der Waals surface area contributed by atoms with Crippen LogP contribution in [0.3, 0.4) is 0 Å². The first-order valence-corrected chi connectivity index (χ1v) is 4.01. The Kier molecular flexibility index (Phi) is 2.02. The second kappa shape index (κ2) is 2.51. The summed E-state index contributed by atoms with van der Waals surface area (Å²) in [5.74, 6) is 6.13.